The second-order valence-electron chi connectivity index (χ2n) is 9.76. The molecule has 210 valence electrons. The van der Waals surface area contributed by atoms with Crippen LogP contribution in [-0.2, 0) is 20.9 Å². The van der Waals surface area contributed by atoms with Crippen molar-refractivity contribution >= 4 is 45.6 Å². The highest BCUT2D eigenvalue weighted by atomic mass is 35.5. The van der Waals surface area contributed by atoms with Crippen LogP contribution in [0.5, 0.6) is 5.75 Å². The van der Waals surface area contributed by atoms with Crippen LogP contribution in [0, 0.1) is 0 Å². The topological polar surface area (TPSA) is 111 Å². The Kier molecular flexibility index (Phi) is 8.33. The number of aromatic nitrogens is 3. The number of rotatable bonds is 9. The first kappa shape index (κ1) is 27.1. The quantitative estimate of drug-likeness (QED) is 0.278. The molecule has 0 aliphatic carbocycles. The summed E-state index contributed by atoms with van der Waals surface area (Å²) in [4.78, 5) is 27.9. The van der Waals surface area contributed by atoms with Crippen LogP contribution >= 0.6 is 11.6 Å². The molecule has 41 heavy (non-hydrogen) atoms. The molecular formula is C30H29ClN6O4. The number of pyridine rings is 1. The highest BCUT2D eigenvalue weighted by molar-refractivity contribution is 6.32. The lowest BCUT2D eigenvalue weighted by atomic mass is 10.2. The van der Waals surface area contributed by atoms with Gasteiger partial charge in [-0.05, 0) is 48.5 Å². The van der Waals surface area contributed by atoms with Gasteiger partial charge < -0.3 is 24.8 Å². The van der Waals surface area contributed by atoms with E-state index in [4.69, 9.17) is 25.8 Å². The van der Waals surface area contributed by atoms with E-state index >= 15 is 0 Å². The highest BCUT2D eigenvalue weighted by Gasteiger charge is 2.35. The van der Waals surface area contributed by atoms with E-state index in [9.17, 15) is 4.79 Å². The molecule has 2 aliphatic rings. The fraction of sp³-hybridized carbons (Fsp3) is 0.267. The number of carbonyl (C=O) groups is 1. The summed E-state index contributed by atoms with van der Waals surface area (Å²) in [5.41, 5.74) is 2.91. The Labute approximate surface area is 242 Å². The molecule has 10 nitrogen and oxygen atoms in total. The van der Waals surface area contributed by atoms with Gasteiger partial charge in [0.15, 0.2) is 0 Å². The summed E-state index contributed by atoms with van der Waals surface area (Å²) in [5, 5.41) is 7.43. The minimum Gasteiger partial charge on any atom is -0.486 e. The van der Waals surface area contributed by atoms with Crippen molar-refractivity contribution in [1.29, 1.82) is 0 Å². The summed E-state index contributed by atoms with van der Waals surface area (Å²) in [7, 11) is 0. The van der Waals surface area contributed by atoms with Crippen molar-refractivity contribution in [2.24, 2.45) is 0 Å². The van der Waals surface area contributed by atoms with Crippen molar-refractivity contribution in [3.63, 3.8) is 0 Å². The first-order valence-electron chi connectivity index (χ1n) is 13.4. The third kappa shape index (κ3) is 6.80. The largest absolute Gasteiger partial charge is 0.486 e. The van der Waals surface area contributed by atoms with Gasteiger partial charge >= 0.3 is 0 Å². The minimum absolute atomic E-state index is 0.119. The lowest BCUT2D eigenvalue weighted by Crippen LogP contribution is -2.36. The van der Waals surface area contributed by atoms with Crippen LogP contribution in [0.25, 0.3) is 10.9 Å². The highest BCUT2D eigenvalue weighted by Crippen LogP contribution is 2.31. The minimum atomic E-state index is -0.215. The molecule has 0 saturated carbocycles. The summed E-state index contributed by atoms with van der Waals surface area (Å²) < 4.78 is 17.3. The maximum Gasteiger partial charge on any atom is 0.248 e. The summed E-state index contributed by atoms with van der Waals surface area (Å²) >= 11 is 6.49. The molecule has 0 spiro atoms. The molecule has 0 unspecified atom stereocenters. The van der Waals surface area contributed by atoms with Gasteiger partial charge in [-0.1, -0.05) is 23.7 Å². The number of hydrogen-bond donors (Lipinski definition) is 2. The van der Waals surface area contributed by atoms with Crippen molar-refractivity contribution in [2.45, 2.75) is 18.8 Å². The molecule has 2 atom stereocenters. The zero-order valence-corrected chi connectivity index (χ0v) is 23.0. The maximum absolute atomic E-state index is 12.6. The Morgan fingerprint density at radius 3 is 2.63 bits per heavy atom. The number of ether oxygens (including phenoxy) is 3. The number of likely N-dealkylation sites (tertiary alicyclic amines) is 1. The summed E-state index contributed by atoms with van der Waals surface area (Å²) in [6.07, 6.45) is 6.85. The van der Waals surface area contributed by atoms with Crippen molar-refractivity contribution in [3.8, 4) is 5.75 Å². The van der Waals surface area contributed by atoms with E-state index in [2.05, 4.69) is 30.5 Å². The summed E-state index contributed by atoms with van der Waals surface area (Å²) in [6, 6.07) is 16.6. The Morgan fingerprint density at radius 1 is 1.02 bits per heavy atom. The van der Waals surface area contributed by atoms with Gasteiger partial charge in [-0.3, -0.25) is 14.7 Å². The Balaban J connectivity index is 1.08. The molecule has 2 fully saturated rings. The molecule has 0 bridgehead atoms. The van der Waals surface area contributed by atoms with Crippen LogP contribution in [0.2, 0.25) is 5.02 Å². The van der Waals surface area contributed by atoms with E-state index in [1.54, 1.807) is 24.4 Å². The molecule has 2 N–H and O–H groups in total. The molecule has 4 aromatic rings. The Morgan fingerprint density at radius 2 is 1.85 bits per heavy atom. The SMILES string of the molecule is O=C(C=CCN1C[C@@H]2OCCO[C@@H]2C1)Nc1ccc2ncnc(Nc3ccc(OCc4ccccn4)c(Cl)c3)c2c1. The fourth-order valence-electron chi connectivity index (χ4n) is 4.88. The fourth-order valence-corrected chi connectivity index (χ4v) is 5.12. The maximum atomic E-state index is 12.6. The van der Waals surface area contributed by atoms with Gasteiger partial charge in [0.25, 0.3) is 0 Å². The Bertz CT molecular complexity index is 1540. The van der Waals surface area contributed by atoms with Crippen molar-refractivity contribution in [3.05, 3.63) is 90.0 Å². The van der Waals surface area contributed by atoms with Crippen molar-refractivity contribution in [2.75, 3.05) is 43.5 Å². The normalized spacial score (nSPS) is 18.9. The van der Waals surface area contributed by atoms with E-state index in [1.165, 1.54) is 6.33 Å². The average Bonchev–Trinajstić information content (AvgIpc) is 3.40. The van der Waals surface area contributed by atoms with Gasteiger partial charge in [-0.25, -0.2) is 9.97 Å². The molecule has 2 saturated heterocycles. The number of fused-ring (bicyclic) bond motifs is 2. The standard InChI is InChI=1S/C30H29ClN6O4/c31-24-15-21(7-9-26(24)41-18-22-4-1-2-10-32-22)36-30-23-14-20(6-8-25(23)33-19-34-30)35-29(38)5-3-11-37-16-27-28(17-37)40-13-12-39-27/h1-10,14-15,19,27-28H,11-13,16-18H2,(H,35,38)(H,33,34,36)/t27-,28+. The van der Waals surface area contributed by atoms with Crippen LogP contribution < -0.4 is 15.4 Å². The lowest BCUT2D eigenvalue weighted by Gasteiger charge is -2.24. The number of anilines is 3. The molecule has 11 heteroatoms. The first-order chi connectivity index (χ1) is 20.1. The summed E-state index contributed by atoms with van der Waals surface area (Å²) in [6.45, 7) is 3.87. The van der Waals surface area contributed by atoms with E-state index in [-0.39, 0.29) is 18.1 Å². The zero-order valence-electron chi connectivity index (χ0n) is 22.2. The van der Waals surface area contributed by atoms with Crippen molar-refractivity contribution < 1.29 is 19.0 Å². The molecule has 0 radical (unpaired) electrons. The first-order valence-corrected chi connectivity index (χ1v) is 13.8. The molecular weight excluding hydrogens is 544 g/mol. The summed E-state index contributed by atoms with van der Waals surface area (Å²) in [5.74, 6) is 0.922. The van der Waals surface area contributed by atoms with Crippen LogP contribution in [0.15, 0.2) is 79.3 Å². The van der Waals surface area contributed by atoms with Crippen LogP contribution in [0.1, 0.15) is 5.69 Å². The lowest BCUT2D eigenvalue weighted by molar-refractivity contribution is -0.116. The predicted molar refractivity (Wildman–Crippen MR) is 157 cm³/mol. The van der Waals surface area contributed by atoms with Gasteiger partial charge in [0.1, 0.15) is 24.5 Å². The number of benzene rings is 2. The molecule has 4 heterocycles. The van der Waals surface area contributed by atoms with E-state index in [0.717, 1.165) is 35.4 Å². The van der Waals surface area contributed by atoms with Gasteiger partial charge in [-0.2, -0.15) is 0 Å². The number of carbonyl (C=O) groups excluding carboxylic acids is 1. The second-order valence-corrected chi connectivity index (χ2v) is 10.2. The number of nitrogens with zero attached hydrogens (tertiary/aromatic N) is 4. The number of halogens is 1. The predicted octanol–water partition coefficient (Wildman–Crippen LogP) is 4.60. The monoisotopic (exact) mass is 572 g/mol. The van der Waals surface area contributed by atoms with Crippen LogP contribution in [0.4, 0.5) is 17.2 Å². The number of amides is 1. The third-order valence-corrected chi connectivity index (χ3v) is 7.17. The smallest absolute Gasteiger partial charge is 0.248 e. The molecule has 1 amide bonds. The van der Waals surface area contributed by atoms with E-state index in [1.807, 2.05) is 48.5 Å². The van der Waals surface area contributed by atoms with Crippen LogP contribution in [0.3, 0.4) is 0 Å². The number of nitrogens with one attached hydrogen (secondary N) is 2. The molecule has 2 aromatic carbocycles. The van der Waals surface area contributed by atoms with Crippen LogP contribution in [-0.4, -0.2) is 70.8 Å². The molecule has 2 aliphatic heterocycles. The van der Waals surface area contributed by atoms with E-state index in [0.29, 0.717) is 48.6 Å². The number of hydrogen-bond acceptors (Lipinski definition) is 9. The van der Waals surface area contributed by atoms with Gasteiger partial charge in [0.05, 0.1) is 41.7 Å². The van der Waals surface area contributed by atoms with Gasteiger partial charge in [-0.15, -0.1) is 0 Å². The van der Waals surface area contributed by atoms with Crippen molar-refractivity contribution in [1.82, 2.24) is 19.9 Å². The molecule has 6 rings (SSSR count). The average molecular weight is 573 g/mol. The third-order valence-electron chi connectivity index (χ3n) is 6.87. The zero-order chi connectivity index (χ0) is 28.0. The molecule has 2 aromatic heterocycles. The van der Waals surface area contributed by atoms with E-state index < -0.39 is 0 Å². The second kappa shape index (κ2) is 12.6. The van der Waals surface area contributed by atoms with Gasteiger partial charge in [0.2, 0.25) is 5.91 Å². The van der Waals surface area contributed by atoms with Gasteiger partial charge in [0, 0.05) is 48.7 Å². The Hall–Kier alpha value is -4.09.